The van der Waals surface area contributed by atoms with Crippen LogP contribution in [-0.4, -0.2) is 17.8 Å². The molecule has 0 heterocycles. The maximum absolute atomic E-state index is 13.3. The molecule has 0 saturated carbocycles. The SMILES string of the molecule is Cc1cc(C#N)c(F)cc1CC(N)CO.Cl. The predicted molar refractivity (Wildman–Crippen MR) is 61.9 cm³/mol. The van der Waals surface area contributed by atoms with Crippen molar-refractivity contribution in [2.75, 3.05) is 6.61 Å². The molecule has 88 valence electrons. The summed E-state index contributed by atoms with van der Waals surface area (Å²) in [7, 11) is 0. The molecule has 1 aromatic rings. The Labute approximate surface area is 100 Å². The standard InChI is InChI=1S/C11H13FN2O.ClH/c1-7-2-9(5-13)11(12)4-8(7)3-10(14)6-15;/h2,4,10,15H,3,6,14H2,1H3;1H. The summed E-state index contributed by atoms with van der Waals surface area (Å²) in [6.45, 7) is 1.65. The van der Waals surface area contributed by atoms with E-state index in [-0.39, 0.29) is 24.6 Å². The molecule has 1 atom stereocenters. The van der Waals surface area contributed by atoms with Crippen molar-refractivity contribution < 1.29 is 9.50 Å². The number of halogens is 2. The summed E-state index contributed by atoms with van der Waals surface area (Å²) >= 11 is 0. The molecular weight excluding hydrogens is 231 g/mol. The van der Waals surface area contributed by atoms with Gasteiger partial charge >= 0.3 is 0 Å². The van der Waals surface area contributed by atoms with Crippen LogP contribution in [0.3, 0.4) is 0 Å². The molecule has 1 rings (SSSR count). The fourth-order valence-corrected chi connectivity index (χ4v) is 1.38. The van der Waals surface area contributed by atoms with Crippen LogP contribution in [0.5, 0.6) is 0 Å². The van der Waals surface area contributed by atoms with Crippen LogP contribution in [0.4, 0.5) is 4.39 Å². The first kappa shape index (κ1) is 14.8. The van der Waals surface area contributed by atoms with Crippen molar-refractivity contribution in [3.05, 3.63) is 34.6 Å². The Hall–Kier alpha value is -1.15. The molecule has 0 aromatic heterocycles. The fourth-order valence-electron chi connectivity index (χ4n) is 1.38. The van der Waals surface area contributed by atoms with Gasteiger partial charge in [-0.05, 0) is 36.6 Å². The van der Waals surface area contributed by atoms with Crippen molar-refractivity contribution in [2.24, 2.45) is 5.73 Å². The van der Waals surface area contributed by atoms with Gasteiger partial charge in [-0.1, -0.05) is 0 Å². The zero-order valence-corrected chi connectivity index (χ0v) is 9.72. The van der Waals surface area contributed by atoms with Gasteiger partial charge in [0.2, 0.25) is 0 Å². The van der Waals surface area contributed by atoms with Crippen LogP contribution < -0.4 is 5.73 Å². The Balaban J connectivity index is 0.00000225. The highest BCUT2D eigenvalue weighted by Gasteiger charge is 2.09. The second-order valence-electron chi connectivity index (χ2n) is 3.52. The lowest BCUT2D eigenvalue weighted by Gasteiger charge is -2.11. The van der Waals surface area contributed by atoms with Gasteiger partial charge in [-0.2, -0.15) is 5.26 Å². The number of aryl methyl sites for hydroxylation is 1. The third kappa shape index (κ3) is 3.46. The van der Waals surface area contributed by atoms with E-state index in [0.717, 1.165) is 11.1 Å². The number of nitriles is 1. The number of benzene rings is 1. The first-order valence-electron chi connectivity index (χ1n) is 4.64. The van der Waals surface area contributed by atoms with Gasteiger partial charge in [0.1, 0.15) is 11.9 Å². The number of hydrogen-bond acceptors (Lipinski definition) is 3. The van der Waals surface area contributed by atoms with Crippen LogP contribution in [-0.2, 0) is 6.42 Å². The third-order valence-corrected chi connectivity index (χ3v) is 2.26. The molecular formula is C11H14ClFN2O. The van der Waals surface area contributed by atoms with Crippen molar-refractivity contribution in [3.63, 3.8) is 0 Å². The topological polar surface area (TPSA) is 70.0 Å². The van der Waals surface area contributed by atoms with E-state index in [2.05, 4.69) is 0 Å². The number of aliphatic hydroxyl groups is 1. The number of aliphatic hydroxyl groups excluding tert-OH is 1. The minimum absolute atomic E-state index is 0. The molecule has 3 N–H and O–H groups in total. The van der Waals surface area contributed by atoms with Crippen LogP contribution in [0.15, 0.2) is 12.1 Å². The normalized spacial score (nSPS) is 11.4. The summed E-state index contributed by atoms with van der Waals surface area (Å²) in [6, 6.07) is 4.19. The van der Waals surface area contributed by atoms with Crippen LogP contribution in [0.25, 0.3) is 0 Å². The molecule has 0 aliphatic carbocycles. The minimum atomic E-state index is -0.539. The first-order chi connectivity index (χ1) is 7.08. The summed E-state index contributed by atoms with van der Waals surface area (Å²) in [4.78, 5) is 0. The molecule has 1 aromatic carbocycles. The van der Waals surface area contributed by atoms with E-state index in [9.17, 15) is 4.39 Å². The molecule has 5 heteroatoms. The Morgan fingerprint density at radius 1 is 1.56 bits per heavy atom. The summed E-state index contributed by atoms with van der Waals surface area (Å²) < 4.78 is 13.3. The largest absolute Gasteiger partial charge is 0.395 e. The molecule has 0 saturated heterocycles. The van der Waals surface area contributed by atoms with E-state index in [0.29, 0.717) is 6.42 Å². The number of rotatable bonds is 3. The maximum Gasteiger partial charge on any atom is 0.141 e. The van der Waals surface area contributed by atoms with Crippen molar-refractivity contribution in [1.82, 2.24) is 0 Å². The molecule has 0 aliphatic heterocycles. The van der Waals surface area contributed by atoms with Crippen LogP contribution in [0, 0.1) is 24.1 Å². The maximum atomic E-state index is 13.3. The molecule has 3 nitrogen and oxygen atoms in total. The Bertz CT molecular complexity index is 404. The second kappa shape index (κ2) is 6.44. The zero-order chi connectivity index (χ0) is 11.4. The van der Waals surface area contributed by atoms with Gasteiger partial charge in [-0.15, -0.1) is 12.4 Å². The predicted octanol–water partition coefficient (Wildman–Crippen LogP) is 1.29. The van der Waals surface area contributed by atoms with Gasteiger partial charge in [-0.25, -0.2) is 4.39 Å². The van der Waals surface area contributed by atoms with Crippen LogP contribution in [0.1, 0.15) is 16.7 Å². The third-order valence-electron chi connectivity index (χ3n) is 2.26. The van der Waals surface area contributed by atoms with Crippen molar-refractivity contribution in [3.8, 4) is 6.07 Å². The van der Waals surface area contributed by atoms with Crippen LogP contribution in [0.2, 0.25) is 0 Å². The highest BCUT2D eigenvalue weighted by Crippen LogP contribution is 2.16. The molecule has 1 unspecified atom stereocenters. The van der Waals surface area contributed by atoms with E-state index < -0.39 is 11.9 Å². The number of nitrogens with zero attached hydrogens (tertiary/aromatic N) is 1. The smallest absolute Gasteiger partial charge is 0.141 e. The number of nitrogens with two attached hydrogens (primary N) is 1. The van der Waals surface area contributed by atoms with Crippen molar-refractivity contribution in [1.29, 1.82) is 5.26 Å². The summed E-state index contributed by atoms with van der Waals surface area (Å²) in [5.74, 6) is -0.539. The Morgan fingerprint density at radius 2 is 2.19 bits per heavy atom. The molecule has 0 radical (unpaired) electrons. The molecule has 0 spiro atoms. The highest BCUT2D eigenvalue weighted by molar-refractivity contribution is 5.85. The van der Waals surface area contributed by atoms with Gasteiger partial charge in [0.15, 0.2) is 0 Å². The van der Waals surface area contributed by atoms with Gasteiger partial charge in [-0.3, -0.25) is 0 Å². The summed E-state index contributed by atoms with van der Waals surface area (Å²) in [5.41, 5.74) is 7.14. The molecule has 0 bridgehead atoms. The summed E-state index contributed by atoms with van der Waals surface area (Å²) in [6.07, 6.45) is 0.408. The lowest BCUT2D eigenvalue weighted by molar-refractivity contribution is 0.265. The lowest BCUT2D eigenvalue weighted by atomic mass is 9.99. The van der Waals surface area contributed by atoms with Crippen molar-refractivity contribution in [2.45, 2.75) is 19.4 Å². The average Bonchev–Trinajstić information content (AvgIpc) is 2.22. The Morgan fingerprint density at radius 3 is 2.69 bits per heavy atom. The highest BCUT2D eigenvalue weighted by atomic mass is 35.5. The van der Waals surface area contributed by atoms with E-state index in [1.165, 1.54) is 12.1 Å². The Kier molecular flexibility index (Phi) is 5.97. The van der Waals surface area contributed by atoms with Gasteiger partial charge in [0.25, 0.3) is 0 Å². The van der Waals surface area contributed by atoms with Gasteiger partial charge < -0.3 is 10.8 Å². The lowest BCUT2D eigenvalue weighted by Crippen LogP contribution is -2.27. The van der Waals surface area contributed by atoms with Crippen LogP contribution >= 0.6 is 12.4 Å². The van der Waals surface area contributed by atoms with E-state index in [1.807, 2.05) is 0 Å². The van der Waals surface area contributed by atoms with Gasteiger partial charge in [0.05, 0.1) is 12.2 Å². The molecule has 0 fully saturated rings. The minimum Gasteiger partial charge on any atom is -0.395 e. The van der Waals surface area contributed by atoms with E-state index >= 15 is 0 Å². The average molecular weight is 245 g/mol. The second-order valence-corrected chi connectivity index (χ2v) is 3.52. The molecule has 0 amide bonds. The first-order valence-corrected chi connectivity index (χ1v) is 4.64. The zero-order valence-electron chi connectivity index (χ0n) is 8.90. The molecule has 0 aliphatic rings. The van der Waals surface area contributed by atoms with E-state index in [1.54, 1.807) is 13.0 Å². The fraction of sp³-hybridized carbons (Fsp3) is 0.364. The van der Waals surface area contributed by atoms with E-state index in [4.69, 9.17) is 16.1 Å². The summed E-state index contributed by atoms with van der Waals surface area (Å²) in [5, 5.41) is 17.4. The van der Waals surface area contributed by atoms with Crippen molar-refractivity contribution >= 4 is 12.4 Å². The quantitative estimate of drug-likeness (QED) is 0.842. The molecule has 16 heavy (non-hydrogen) atoms. The van der Waals surface area contributed by atoms with Gasteiger partial charge in [0, 0.05) is 6.04 Å². The number of hydrogen-bond donors (Lipinski definition) is 2. The monoisotopic (exact) mass is 244 g/mol.